The minimum atomic E-state index is -0.0836. The van der Waals surface area contributed by atoms with Crippen molar-refractivity contribution >= 4 is 33.1 Å². The number of hydrogen-bond donors (Lipinski definition) is 1. The summed E-state index contributed by atoms with van der Waals surface area (Å²) >= 11 is 1.47. The molecule has 0 aliphatic rings. The van der Waals surface area contributed by atoms with Crippen LogP contribution in [0.4, 0.5) is 5.69 Å². The third kappa shape index (κ3) is 3.15. The molecule has 27 heavy (non-hydrogen) atoms. The summed E-state index contributed by atoms with van der Waals surface area (Å²) in [7, 11) is 0. The van der Waals surface area contributed by atoms with Crippen LogP contribution >= 0.6 is 11.3 Å². The molecule has 0 unspecified atom stereocenters. The molecular weight excluding hydrogens is 354 g/mol. The highest BCUT2D eigenvalue weighted by atomic mass is 32.1. The quantitative estimate of drug-likeness (QED) is 0.509. The van der Waals surface area contributed by atoms with Gasteiger partial charge in [-0.3, -0.25) is 4.79 Å². The second kappa shape index (κ2) is 6.67. The van der Waals surface area contributed by atoms with Gasteiger partial charge in [0.1, 0.15) is 4.83 Å². The van der Waals surface area contributed by atoms with Crippen molar-refractivity contribution in [3.8, 4) is 5.69 Å². The van der Waals surface area contributed by atoms with Crippen LogP contribution in [-0.2, 0) is 0 Å². The molecule has 4 rings (SSSR count). The number of fused-ring (bicyclic) bond motifs is 1. The van der Waals surface area contributed by atoms with Crippen LogP contribution in [0.5, 0.6) is 0 Å². The summed E-state index contributed by atoms with van der Waals surface area (Å²) in [4.78, 5) is 14.5. The molecule has 0 atom stereocenters. The lowest BCUT2D eigenvalue weighted by Gasteiger charge is -2.09. The highest BCUT2D eigenvalue weighted by Crippen LogP contribution is 2.31. The minimum Gasteiger partial charge on any atom is -0.321 e. The molecule has 0 fully saturated rings. The predicted molar refractivity (Wildman–Crippen MR) is 112 cm³/mol. The van der Waals surface area contributed by atoms with Crippen LogP contribution in [0.3, 0.4) is 0 Å². The predicted octanol–water partition coefficient (Wildman–Crippen LogP) is 5.57. The SMILES string of the molecule is Cc1ccc(-n2nc(C)c3cc(C(=O)Nc4cccc(C)c4C)sc32)cc1. The molecule has 0 saturated carbocycles. The normalized spacial score (nSPS) is 11.1. The lowest BCUT2D eigenvalue weighted by atomic mass is 10.1. The molecular formula is C22H21N3OS. The van der Waals surface area contributed by atoms with Gasteiger partial charge in [-0.25, -0.2) is 4.68 Å². The topological polar surface area (TPSA) is 46.9 Å². The number of thiophene rings is 1. The Balaban J connectivity index is 1.71. The van der Waals surface area contributed by atoms with Crippen molar-refractivity contribution in [1.82, 2.24) is 9.78 Å². The summed E-state index contributed by atoms with van der Waals surface area (Å²) in [5.74, 6) is -0.0836. The molecule has 2 aromatic heterocycles. The number of carbonyl (C=O) groups is 1. The molecule has 1 N–H and O–H groups in total. The first kappa shape index (κ1) is 17.5. The van der Waals surface area contributed by atoms with Crippen LogP contribution in [0.2, 0.25) is 0 Å². The van der Waals surface area contributed by atoms with Gasteiger partial charge in [-0.05, 0) is 63.1 Å². The maximum absolute atomic E-state index is 12.8. The van der Waals surface area contributed by atoms with Crippen molar-refractivity contribution in [3.05, 3.63) is 75.8 Å². The van der Waals surface area contributed by atoms with Crippen LogP contribution in [0.1, 0.15) is 32.1 Å². The lowest BCUT2D eigenvalue weighted by molar-refractivity contribution is 0.103. The van der Waals surface area contributed by atoms with Crippen LogP contribution in [0.25, 0.3) is 15.9 Å². The molecule has 136 valence electrons. The Kier molecular flexibility index (Phi) is 4.32. The molecule has 4 aromatic rings. The zero-order valence-electron chi connectivity index (χ0n) is 15.8. The Morgan fingerprint density at radius 3 is 2.52 bits per heavy atom. The van der Waals surface area contributed by atoms with Crippen molar-refractivity contribution in [3.63, 3.8) is 0 Å². The van der Waals surface area contributed by atoms with Crippen LogP contribution in [0, 0.1) is 27.7 Å². The average Bonchev–Trinajstić information content (AvgIpc) is 3.21. The summed E-state index contributed by atoms with van der Waals surface area (Å²) in [5, 5.41) is 8.72. The van der Waals surface area contributed by atoms with E-state index >= 15 is 0 Å². The third-order valence-electron chi connectivity index (χ3n) is 4.90. The fourth-order valence-corrected chi connectivity index (χ4v) is 4.17. The van der Waals surface area contributed by atoms with Gasteiger partial charge in [0.25, 0.3) is 5.91 Å². The van der Waals surface area contributed by atoms with Gasteiger partial charge in [0.05, 0.1) is 16.3 Å². The van der Waals surface area contributed by atoms with Crippen molar-refractivity contribution in [2.75, 3.05) is 5.32 Å². The molecule has 0 spiro atoms. The van der Waals surface area contributed by atoms with Crippen molar-refractivity contribution in [2.45, 2.75) is 27.7 Å². The Bertz CT molecular complexity index is 1150. The Hall–Kier alpha value is -2.92. The molecule has 0 radical (unpaired) electrons. The average molecular weight is 375 g/mol. The van der Waals surface area contributed by atoms with Gasteiger partial charge in [0.2, 0.25) is 0 Å². The van der Waals surface area contributed by atoms with Crippen molar-refractivity contribution in [2.24, 2.45) is 0 Å². The molecule has 0 aliphatic carbocycles. The number of aryl methyl sites for hydroxylation is 3. The van der Waals surface area contributed by atoms with Gasteiger partial charge in [-0.1, -0.05) is 29.8 Å². The van der Waals surface area contributed by atoms with E-state index in [1.54, 1.807) is 0 Å². The highest BCUT2D eigenvalue weighted by molar-refractivity contribution is 7.20. The number of nitrogens with zero attached hydrogens (tertiary/aromatic N) is 2. The van der Waals surface area contributed by atoms with E-state index in [2.05, 4.69) is 41.6 Å². The summed E-state index contributed by atoms with van der Waals surface area (Å²) in [6.07, 6.45) is 0. The maximum Gasteiger partial charge on any atom is 0.265 e. The van der Waals surface area contributed by atoms with E-state index < -0.39 is 0 Å². The van der Waals surface area contributed by atoms with E-state index in [1.165, 1.54) is 16.9 Å². The Labute approximate surface area is 162 Å². The maximum atomic E-state index is 12.8. The number of anilines is 1. The summed E-state index contributed by atoms with van der Waals surface area (Å²) in [6.45, 7) is 8.11. The zero-order chi connectivity index (χ0) is 19.1. The molecule has 0 bridgehead atoms. The Morgan fingerprint density at radius 1 is 1.04 bits per heavy atom. The molecule has 5 heteroatoms. The first-order chi connectivity index (χ1) is 12.9. The van der Waals surface area contributed by atoms with Gasteiger partial charge in [0.15, 0.2) is 0 Å². The first-order valence-corrected chi connectivity index (χ1v) is 9.69. The summed E-state index contributed by atoms with van der Waals surface area (Å²) in [5.41, 5.74) is 6.24. The van der Waals surface area contributed by atoms with Gasteiger partial charge < -0.3 is 5.32 Å². The lowest BCUT2D eigenvalue weighted by Crippen LogP contribution is -2.11. The second-order valence-corrected chi connectivity index (χ2v) is 7.89. The number of benzene rings is 2. The molecule has 1 amide bonds. The van der Waals surface area contributed by atoms with E-state index in [-0.39, 0.29) is 5.91 Å². The fraction of sp³-hybridized carbons (Fsp3) is 0.182. The second-order valence-electron chi connectivity index (χ2n) is 6.86. The first-order valence-electron chi connectivity index (χ1n) is 8.88. The fourth-order valence-electron chi connectivity index (χ4n) is 3.09. The molecule has 0 aliphatic heterocycles. The number of rotatable bonds is 3. The number of hydrogen-bond acceptors (Lipinski definition) is 3. The van der Waals surface area contributed by atoms with Gasteiger partial charge >= 0.3 is 0 Å². The van der Waals surface area contributed by atoms with E-state index in [9.17, 15) is 4.79 Å². The van der Waals surface area contributed by atoms with Crippen molar-refractivity contribution < 1.29 is 4.79 Å². The van der Waals surface area contributed by atoms with Crippen LogP contribution in [0.15, 0.2) is 48.5 Å². The highest BCUT2D eigenvalue weighted by Gasteiger charge is 2.18. The van der Waals surface area contributed by atoms with Gasteiger partial charge in [-0.2, -0.15) is 5.10 Å². The number of aromatic nitrogens is 2. The zero-order valence-corrected chi connectivity index (χ0v) is 16.6. The van der Waals surface area contributed by atoms with Gasteiger partial charge in [0, 0.05) is 11.1 Å². The minimum absolute atomic E-state index is 0.0836. The molecule has 4 nitrogen and oxygen atoms in total. The standard InChI is InChI=1S/C22H21N3OS/c1-13-8-10-17(11-9-13)25-22-18(16(4)24-25)12-20(27-22)21(26)23-19-7-5-6-14(2)15(19)3/h5-12H,1-4H3,(H,23,26). The van der Waals surface area contributed by atoms with E-state index in [4.69, 9.17) is 0 Å². The summed E-state index contributed by atoms with van der Waals surface area (Å²) in [6, 6.07) is 16.1. The number of carbonyl (C=O) groups excluding carboxylic acids is 1. The Morgan fingerprint density at radius 2 is 1.78 bits per heavy atom. The van der Waals surface area contributed by atoms with Crippen LogP contribution in [-0.4, -0.2) is 15.7 Å². The van der Waals surface area contributed by atoms with Crippen LogP contribution < -0.4 is 5.32 Å². The van der Waals surface area contributed by atoms with E-state index in [0.717, 1.165) is 38.4 Å². The smallest absolute Gasteiger partial charge is 0.265 e. The summed E-state index contributed by atoms with van der Waals surface area (Å²) < 4.78 is 1.92. The third-order valence-corrected chi connectivity index (χ3v) is 6.01. The molecule has 2 aromatic carbocycles. The van der Waals surface area contributed by atoms with E-state index in [1.807, 2.05) is 49.7 Å². The molecule has 0 saturated heterocycles. The largest absolute Gasteiger partial charge is 0.321 e. The molecule has 2 heterocycles. The number of nitrogens with one attached hydrogen (secondary N) is 1. The van der Waals surface area contributed by atoms with E-state index in [0.29, 0.717) is 4.88 Å². The number of amides is 1. The van der Waals surface area contributed by atoms with Crippen molar-refractivity contribution in [1.29, 1.82) is 0 Å². The van der Waals surface area contributed by atoms with Gasteiger partial charge in [-0.15, -0.1) is 11.3 Å². The monoisotopic (exact) mass is 375 g/mol.